The van der Waals surface area contributed by atoms with E-state index in [0.29, 0.717) is 6.54 Å². The zero-order chi connectivity index (χ0) is 11.3. The lowest BCUT2D eigenvalue weighted by Gasteiger charge is -2.15. The molecule has 1 nitrogen and oxygen atoms in total. The minimum Gasteiger partial charge on any atom is -0.330 e. The van der Waals surface area contributed by atoms with Crippen molar-refractivity contribution in [3.8, 4) is 0 Å². The van der Waals surface area contributed by atoms with Crippen LogP contribution in [0.3, 0.4) is 0 Å². The Morgan fingerprint density at radius 3 is 2.80 bits per heavy atom. The van der Waals surface area contributed by atoms with Crippen LogP contribution in [0, 0.1) is 5.82 Å². The van der Waals surface area contributed by atoms with Crippen molar-refractivity contribution < 1.29 is 4.39 Å². The second-order valence-electron chi connectivity index (χ2n) is 3.70. The number of hydrogen-bond donors (Lipinski definition) is 1. The molecular weight excluding hydrogens is 257 g/mol. The van der Waals surface area contributed by atoms with Crippen molar-refractivity contribution in [3.63, 3.8) is 0 Å². The topological polar surface area (TPSA) is 26.0 Å². The first-order valence-corrected chi connectivity index (χ1v) is 6.13. The molecule has 1 rings (SSSR count). The maximum atomic E-state index is 13.6. The molecule has 0 aliphatic heterocycles. The van der Waals surface area contributed by atoms with Crippen molar-refractivity contribution in [1.29, 1.82) is 0 Å². The third-order valence-corrected chi connectivity index (χ3v) is 3.14. The molecule has 0 aliphatic rings. The van der Waals surface area contributed by atoms with E-state index in [1.165, 1.54) is 6.07 Å². The van der Waals surface area contributed by atoms with Gasteiger partial charge in [0, 0.05) is 4.47 Å². The monoisotopic (exact) mass is 273 g/mol. The maximum absolute atomic E-state index is 13.6. The molecule has 0 aliphatic carbocycles. The molecule has 3 heteroatoms. The molecule has 1 atom stereocenters. The molecule has 1 aromatic rings. The van der Waals surface area contributed by atoms with Crippen molar-refractivity contribution in [2.24, 2.45) is 5.73 Å². The summed E-state index contributed by atoms with van der Waals surface area (Å²) >= 11 is 3.37. The fraction of sp³-hybridized carbons (Fsp3) is 0.500. The van der Waals surface area contributed by atoms with Crippen LogP contribution in [0.2, 0.25) is 0 Å². The van der Waals surface area contributed by atoms with Crippen molar-refractivity contribution in [2.75, 3.05) is 6.54 Å². The van der Waals surface area contributed by atoms with Crippen LogP contribution in [0.1, 0.15) is 37.7 Å². The van der Waals surface area contributed by atoms with Gasteiger partial charge in [0.15, 0.2) is 0 Å². The van der Waals surface area contributed by atoms with Gasteiger partial charge in [-0.2, -0.15) is 0 Å². The van der Waals surface area contributed by atoms with Crippen LogP contribution >= 0.6 is 15.9 Å². The minimum atomic E-state index is -0.109. The van der Waals surface area contributed by atoms with E-state index in [9.17, 15) is 4.39 Å². The van der Waals surface area contributed by atoms with E-state index >= 15 is 0 Å². The van der Waals surface area contributed by atoms with Crippen LogP contribution in [-0.2, 0) is 0 Å². The highest BCUT2D eigenvalue weighted by Crippen LogP contribution is 2.29. The van der Waals surface area contributed by atoms with Gasteiger partial charge in [0.2, 0.25) is 0 Å². The number of nitrogens with two attached hydrogens (primary N) is 1. The smallest absolute Gasteiger partial charge is 0.126 e. The van der Waals surface area contributed by atoms with E-state index in [1.807, 2.05) is 6.07 Å². The van der Waals surface area contributed by atoms with E-state index < -0.39 is 0 Å². The molecular formula is C12H17BrFN. The van der Waals surface area contributed by atoms with Crippen LogP contribution in [0.25, 0.3) is 0 Å². The molecule has 0 saturated carbocycles. The Morgan fingerprint density at radius 1 is 1.47 bits per heavy atom. The van der Waals surface area contributed by atoms with Gasteiger partial charge < -0.3 is 5.73 Å². The first kappa shape index (κ1) is 12.7. The highest BCUT2D eigenvalue weighted by Gasteiger charge is 2.13. The SMILES string of the molecule is CCC(CCCN)c1cc(Br)ccc1F. The van der Waals surface area contributed by atoms with Gasteiger partial charge in [-0.1, -0.05) is 22.9 Å². The lowest BCUT2D eigenvalue weighted by atomic mass is 9.91. The Hall–Kier alpha value is -0.410. The normalized spacial score (nSPS) is 12.8. The highest BCUT2D eigenvalue weighted by molar-refractivity contribution is 9.10. The summed E-state index contributed by atoms with van der Waals surface area (Å²) in [7, 11) is 0. The summed E-state index contributed by atoms with van der Waals surface area (Å²) < 4.78 is 14.5. The maximum Gasteiger partial charge on any atom is 0.126 e. The molecule has 0 fully saturated rings. The van der Waals surface area contributed by atoms with Gasteiger partial charge in [0.05, 0.1) is 0 Å². The number of halogens is 2. The summed E-state index contributed by atoms with van der Waals surface area (Å²) in [4.78, 5) is 0. The van der Waals surface area contributed by atoms with Gasteiger partial charge in [-0.05, 0) is 55.5 Å². The summed E-state index contributed by atoms with van der Waals surface area (Å²) in [5, 5.41) is 0. The van der Waals surface area contributed by atoms with Crippen LogP contribution in [0.15, 0.2) is 22.7 Å². The minimum absolute atomic E-state index is 0.109. The zero-order valence-corrected chi connectivity index (χ0v) is 10.6. The average Bonchev–Trinajstić information content (AvgIpc) is 2.24. The van der Waals surface area contributed by atoms with Crippen LogP contribution < -0.4 is 5.73 Å². The summed E-state index contributed by atoms with van der Waals surface area (Å²) in [6, 6.07) is 5.12. The first-order chi connectivity index (χ1) is 7.19. The van der Waals surface area contributed by atoms with Gasteiger partial charge in [-0.25, -0.2) is 4.39 Å². The summed E-state index contributed by atoms with van der Waals surface area (Å²) in [6.07, 6.45) is 2.86. The molecule has 0 amide bonds. The largest absolute Gasteiger partial charge is 0.330 e. The molecule has 0 radical (unpaired) electrons. The molecule has 15 heavy (non-hydrogen) atoms. The number of benzene rings is 1. The van der Waals surface area contributed by atoms with Gasteiger partial charge in [-0.15, -0.1) is 0 Å². The Balaban J connectivity index is 2.85. The van der Waals surface area contributed by atoms with E-state index in [1.54, 1.807) is 6.07 Å². The highest BCUT2D eigenvalue weighted by atomic mass is 79.9. The van der Waals surface area contributed by atoms with Gasteiger partial charge in [0.25, 0.3) is 0 Å². The van der Waals surface area contributed by atoms with E-state index in [2.05, 4.69) is 22.9 Å². The molecule has 0 saturated heterocycles. The van der Waals surface area contributed by atoms with E-state index in [-0.39, 0.29) is 11.7 Å². The number of hydrogen-bond acceptors (Lipinski definition) is 1. The fourth-order valence-electron chi connectivity index (χ4n) is 1.77. The summed E-state index contributed by atoms with van der Waals surface area (Å²) in [5.74, 6) is 0.174. The van der Waals surface area contributed by atoms with Gasteiger partial charge in [-0.3, -0.25) is 0 Å². The Bertz CT molecular complexity index is 314. The van der Waals surface area contributed by atoms with E-state index in [4.69, 9.17) is 5.73 Å². The lowest BCUT2D eigenvalue weighted by molar-refractivity contribution is 0.532. The Kier molecular flexibility index (Phi) is 5.26. The predicted octanol–water partition coefficient (Wildman–Crippen LogP) is 3.82. The molecule has 84 valence electrons. The van der Waals surface area contributed by atoms with Gasteiger partial charge in [0.1, 0.15) is 5.82 Å². The first-order valence-electron chi connectivity index (χ1n) is 5.34. The van der Waals surface area contributed by atoms with Crippen LogP contribution in [0.4, 0.5) is 4.39 Å². The predicted molar refractivity (Wildman–Crippen MR) is 65.4 cm³/mol. The molecule has 2 N–H and O–H groups in total. The van der Waals surface area contributed by atoms with Crippen molar-refractivity contribution in [2.45, 2.75) is 32.1 Å². The quantitative estimate of drug-likeness (QED) is 0.867. The second-order valence-corrected chi connectivity index (χ2v) is 4.62. The fourth-order valence-corrected chi connectivity index (χ4v) is 2.15. The molecule has 1 unspecified atom stereocenters. The molecule has 1 aromatic carbocycles. The van der Waals surface area contributed by atoms with Crippen LogP contribution in [0.5, 0.6) is 0 Å². The van der Waals surface area contributed by atoms with E-state index in [0.717, 1.165) is 29.3 Å². The third-order valence-electron chi connectivity index (χ3n) is 2.65. The zero-order valence-electron chi connectivity index (χ0n) is 8.97. The van der Waals surface area contributed by atoms with Crippen molar-refractivity contribution in [1.82, 2.24) is 0 Å². The Morgan fingerprint density at radius 2 is 2.20 bits per heavy atom. The van der Waals surface area contributed by atoms with Gasteiger partial charge >= 0.3 is 0 Å². The number of rotatable bonds is 5. The molecule has 0 bridgehead atoms. The molecule has 0 spiro atoms. The lowest BCUT2D eigenvalue weighted by Crippen LogP contribution is -2.05. The summed E-state index contributed by atoms with van der Waals surface area (Å²) in [6.45, 7) is 2.76. The molecule has 0 aromatic heterocycles. The average molecular weight is 274 g/mol. The van der Waals surface area contributed by atoms with Crippen LogP contribution in [-0.4, -0.2) is 6.54 Å². The second kappa shape index (κ2) is 6.23. The molecule has 0 heterocycles. The standard InChI is InChI=1S/C12H17BrFN/c1-2-9(4-3-7-15)11-8-10(13)5-6-12(11)14/h5-6,8-9H,2-4,7,15H2,1H3. The third kappa shape index (κ3) is 3.58. The van der Waals surface area contributed by atoms with Crippen molar-refractivity contribution in [3.05, 3.63) is 34.1 Å². The Labute approximate surface area is 99.0 Å². The van der Waals surface area contributed by atoms with Crippen molar-refractivity contribution >= 4 is 15.9 Å². The summed E-state index contributed by atoms with van der Waals surface area (Å²) in [5.41, 5.74) is 6.28.